The summed E-state index contributed by atoms with van der Waals surface area (Å²) in [5, 5.41) is 3.03. The highest BCUT2D eigenvalue weighted by atomic mass is 79.9. The maximum absolute atomic E-state index is 12.0. The van der Waals surface area contributed by atoms with Crippen LogP contribution in [0.4, 0.5) is 11.5 Å². The second-order valence-electron chi connectivity index (χ2n) is 3.52. The first-order chi connectivity index (χ1) is 8.97. The van der Waals surface area contributed by atoms with Gasteiger partial charge in [-0.05, 0) is 50.1 Å². The van der Waals surface area contributed by atoms with Crippen LogP contribution in [-0.2, 0) is 0 Å². The monoisotopic (exact) mass is 404 g/mol. The first-order valence-corrected chi connectivity index (χ1v) is 6.98. The van der Waals surface area contributed by atoms with Crippen LogP contribution in [0.2, 0.25) is 5.02 Å². The van der Waals surface area contributed by atoms with E-state index in [1.807, 2.05) is 0 Å². The van der Waals surface area contributed by atoms with E-state index in [9.17, 15) is 4.79 Å². The Balaban J connectivity index is 2.23. The molecule has 8 heteroatoms. The maximum atomic E-state index is 12.0. The molecule has 0 radical (unpaired) electrons. The van der Waals surface area contributed by atoms with Gasteiger partial charge in [-0.15, -0.1) is 0 Å². The highest BCUT2D eigenvalue weighted by Crippen LogP contribution is 2.22. The summed E-state index contributed by atoms with van der Waals surface area (Å²) in [5.74, 6) is -0.0255. The number of rotatable bonds is 2. The van der Waals surface area contributed by atoms with E-state index in [1.54, 1.807) is 12.1 Å². The van der Waals surface area contributed by atoms with E-state index >= 15 is 0 Å². The zero-order chi connectivity index (χ0) is 14.0. The Kier molecular flexibility index (Phi) is 4.38. The smallest absolute Gasteiger partial charge is 0.256 e. The number of carbonyl (C=O) groups is 1. The molecule has 0 saturated heterocycles. The van der Waals surface area contributed by atoms with Gasteiger partial charge in [-0.1, -0.05) is 11.6 Å². The number of benzene rings is 1. The zero-order valence-electron chi connectivity index (χ0n) is 9.32. The Labute approximate surface area is 130 Å². The van der Waals surface area contributed by atoms with Gasteiger partial charge in [0.25, 0.3) is 5.91 Å². The van der Waals surface area contributed by atoms with Gasteiger partial charge in [0.15, 0.2) is 5.82 Å². The lowest BCUT2D eigenvalue weighted by atomic mass is 10.2. The van der Waals surface area contributed by atoms with E-state index in [2.05, 4.69) is 47.1 Å². The normalized spacial score (nSPS) is 10.3. The van der Waals surface area contributed by atoms with Crippen molar-refractivity contribution in [2.45, 2.75) is 0 Å². The number of anilines is 2. The summed E-state index contributed by atoms with van der Waals surface area (Å²) in [6.07, 6.45) is 1.48. The summed E-state index contributed by atoms with van der Waals surface area (Å²) >= 11 is 12.2. The number of nitrogens with two attached hydrogens (primary N) is 1. The molecule has 0 aliphatic heterocycles. The lowest BCUT2D eigenvalue weighted by Gasteiger charge is -2.07. The van der Waals surface area contributed by atoms with Gasteiger partial charge in [-0.3, -0.25) is 4.79 Å². The maximum Gasteiger partial charge on any atom is 0.256 e. The van der Waals surface area contributed by atoms with E-state index in [-0.39, 0.29) is 5.91 Å². The molecule has 1 amide bonds. The van der Waals surface area contributed by atoms with Gasteiger partial charge in [-0.25, -0.2) is 9.97 Å². The van der Waals surface area contributed by atoms with Crippen molar-refractivity contribution >= 4 is 60.9 Å². The number of nitrogens with zero attached hydrogens (tertiary/aromatic N) is 2. The fourth-order valence-electron chi connectivity index (χ4n) is 1.30. The Hall–Kier alpha value is -1.18. The van der Waals surface area contributed by atoms with Crippen molar-refractivity contribution in [2.24, 2.45) is 0 Å². The number of carbonyl (C=O) groups excluding carboxylic acids is 1. The predicted molar refractivity (Wildman–Crippen MR) is 81.2 cm³/mol. The topological polar surface area (TPSA) is 80.9 Å². The molecular weight excluding hydrogens is 399 g/mol. The quantitative estimate of drug-likeness (QED) is 0.748. The second-order valence-corrected chi connectivity index (χ2v) is 5.49. The van der Waals surface area contributed by atoms with Gasteiger partial charge in [0.1, 0.15) is 9.21 Å². The summed E-state index contributed by atoms with van der Waals surface area (Å²) < 4.78 is 0.991. The lowest BCUT2D eigenvalue weighted by Crippen LogP contribution is -2.14. The van der Waals surface area contributed by atoms with Gasteiger partial charge < -0.3 is 11.1 Å². The van der Waals surface area contributed by atoms with Crippen molar-refractivity contribution in [3.63, 3.8) is 0 Å². The van der Waals surface area contributed by atoms with Crippen LogP contribution in [0.15, 0.2) is 33.6 Å². The highest BCUT2D eigenvalue weighted by Gasteiger charge is 2.11. The predicted octanol–water partition coefficient (Wildman–Crippen LogP) is 3.49. The van der Waals surface area contributed by atoms with Gasteiger partial charge in [0, 0.05) is 5.56 Å². The molecule has 0 saturated carbocycles. The van der Waals surface area contributed by atoms with E-state index in [0.717, 1.165) is 0 Å². The molecule has 0 aliphatic rings. The van der Waals surface area contributed by atoms with Crippen LogP contribution >= 0.6 is 43.5 Å². The molecular formula is C11H7Br2ClN4O. The van der Waals surface area contributed by atoms with Crippen molar-refractivity contribution < 1.29 is 4.79 Å². The first-order valence-electron chi connectivity index (χ1n) is 5.02. The van der Waals surface area contributed by atoms with Crippen LogP contribution in [0, 0.1) is 0 Å². The number of amides is 1. The molecule has 0 unspecified atom stereocenters. The van der Waals surface area contributed by atoms with Gasteiger partial charge in [0.05, 0.1) is 16.9 Å². The molecule has 5 nitrogen and oxygen atoms in total. The standard InChI is InChI=1S/C11H7Br2ClN4O/c12-8-4-16-10(9(13)17-8)18-11(19)5-1-2-6(14)7(15)3-5/h1-4H,15H2,(H,16,18,19). The third-order valence-electron chi connectivity index (χ3n) is 2.19. The lowest BCUT2D eigenvalue weighted by molar-refractivity contribution is 0.102. The van der Waals surface area contributed by atoms with Crippen LogP contribution < -0.4 is 11.1 Å². The zero-order valence-corrected chi connectivity index (χ0v) is 13.3. The van der Waals surface area contributed by atoms with Crippen molar-refractivity contribution in [1.29, 1.82) is 0 Å². The molecule has 2 rings (SSSR count). The highest BCUT2D eigenvalue weighted by molar-refractivity contribution is 9.11. The SMILES string of the molecule is Nc1cc(C(=O)Nc2ncc(Br)nc2Br)ccc1Cl. The fourth-order valence-corrected chi connectivity index (χ4v) is 2.32. The van der Waals surface area contributed by atoms with Crippen LogP contribution in [0.1, 0.15) is 10.4 Å². The number of hydrogen-bond acceptors (Lipinski definition) is 4. The molecule has 2 aromatic rings. The molecule has 1 aromatic carbocycles. The van der Waals surface area contributed by atoms with Crippen LogP contribution in [0.25, 0.3) is 0 Å². The number of aromatic nitrogens is 2. The van der Waals surface area contributed by atoms with Gasteiger partial charge in [0.2, 0.25) is 0 Å². The van der Waals surface area contributed by atoms with E-state index in [0.29, 0.717) is 31.3 Å². The van der Waals surface area contributed by atoms with Gasteiger partial charge >= 0.3 is 0 Å². The minimum Gasteiger partial charge on any atom is -0.398 e. The molecule has 1 aromatic heterocycles. The average molecular weight is 406 g/mol. The van der Waals surface area contributed by atoms with Crippen LogP contribution in [-0.4, -0.2) is 15.9 Å². The average Bonchev–Trinajstić information content (AvgIpc) is 2.36. The number of nitrogen functional groups attached to an aromatic ring is 1. The molecule has 0 spiro atoms. The van der Waals surface area contributed by atoms with E-state index in [1.165, 1.54) is 12.3 Å². The fraction of sp³-hybridized carbons (Fsp3) is 0. The molecule has 19 heavy (non-hydrogen) atoms. The molecule has 0 atom stereocenters. The van der Waals surface area contributed by atoms with Crippen molar-refractivity contribution in [2.75, 3.05) is 11.1 Å². The third-order valence-corrected chi connectivity index (χ3v) is 3.47. The van der Waals surface area contributed by atoms with Crippen molar-refractivity contribution in [3.8, 4) is 0 Å². The molecule has 0 aliphatic carbocycles. The summed E-state index contributed by atoms with van der Waals surface area (Å²) in [6, 6.07) is 4.64. The summed E-state index contributed by atoms with van der Waals surface area (Å²) in [6.45, 7) is 0. The largest absolute Gasteiger partial charge is 0.398 e. The molecule has 0 bridgehead atoms. The Morgan fingerprint density at radius 3 is 2.74 bits per heavy atom. The molecule has 98 valence electrons. The summed E-state index contributed by atoms with van der Waals surface area (Å²) in [5.41, 5.74) is 6.38. The molecule has 0 fully saturated rings. The summed E-state index contributed by atoms with van der Waals surface area (Å²) in [4.78, 5) is 20.1. The number of halogens is 3. The Morgan fingerprint density at radius 2 is 2.11 bits per heavy atom. The molecule has 1 heterocycles. The van der Waals surface area contributed by atoms with E-state index in [4.69, 9.17) is 17.3 Å². The van der Waals surface area contributed by atoms with Crippen LogP contribution in [0.3, 0.4) is 0 Å². The second kappa shape index (κ2) is 5.85. The minimum atomic E-state index is -0.347. The van der Waals surface area contributed by atoms with Crippen LogP contribution in [0.5, 0.6) is 0 Å². The first kappa shape index (κ1) is 14.2. The van der Waals surface area contributed by atoms with Crippen molar-refractivity contribution in [3.05, 3.63) is 44.2 Å². The Bertz CT molecular complexity index is 651. The van der Waals surface area contributed by atoms with E-state index < -0.39 is 0 Å². The van der Waals surface area contributed by atoms with Gasteiger partial charge in [-0.2, -0.15) is 0 Å². The molecule has 3 N–H and O–H groups in total. The number of hydrogen-bond donors (Lipinski definition) is 2. The minimum absolute atomic E-state index is 0.321. The number of nitrogens with one attached hydrogen (secondary N) is 1. The Morgan fingerprint density at radius 1 is 1.37 bits per heavy atom. The van der Waals surface area contributed by atoms with Crippen molar-refractivity contribution in [1.82, 2.24) is 9.97 Å². The third kappa shape index (κ3) is 3.43. The summed E-state index contributed by atoms with van der Waals surface area (Å²) in [7, 11) is 0.